The van der Waals surface area contributed by atoms with Crippen molar-refractivity contribution in [3.63, 3.8) is 0 Å². The van der Waals surface area contributed by atoms with Gasteiger partial charge in [0.25, 0.3) is 16.7 Å². The molecule has 1 saturated heterocycles. The number of hydrogen-bond acceptors (Lipinski definition) is 6. The average Bonchev–Trinajstić information content (AvgIpc) is 3.21. The highest BCUT2D eigenvalue weighted by Gasteiger charge is 2.30. The topological polar surface area (TPSA) is 73.7 Å². The van der Waals surface area contributed by atoms with Crippen molar-refractivity contribution >= 4 is 17.2 Å². The summed E-state index contributed by atoms with van der Waals surface area (Å²) in [5.74, 6) is 0.130. The Bertz CT molecular complexity index is 757. The number of carbonyl (C=O) groups is 1. The Hall–Kier alpha value is -2.35. The van der Waals surface area contributed by atoms with Crippen LogP contribution >= 0.6 is 11.3 Å². The number of carbonyl (C=O) groups excluding carboxylic acids is 1. The highest BCUT2D eigenvalue weighted by atomic mass is 32.1. The van der Waals surface area contributed by atoms with E-state index in [1.807, 2.05) is 5.38 Å². The maximum atomic E-state index is 12.7. The molecule has 7 nitrogen and oxygen atoms in total. The number of rotatable bonds is 4. The lowest BCUT2D eigenvalue weighted by Crippen LogP contribution is -2.32. The minimum Gasteiger partial charge on any atom is -0.496 e. The van der Waals surface area contributed by atoms with Gasteiger partial charge in [0, 0.05) is 43.9 Å². The molecular formula is C15H17N3O4S. The molecule has 23 heavy (non-hydrogen) atoms. The third-order valence-electron chi connectivity index (χ3n) is 3.75. The largest absolute Gasteiger partial charge is 0.496 e. The molecule has 1 aliphatic heterocycles. The van der Waals surface area contributed by atoms with Crippen LogP contribution in [0, 0.1) is 0 Å². The molecule has 0 bridgehead atoms. The summed E-state index contributed by atoms with van der Waals surface area (Å²) in [5, 5.41) is 2.46. The second kappa shape index (κ2) is 6.41. The number of amides is 1. The Morgan fingerprint density at radius 2 is 2.30 bits per heavy atom. The average molecular weight is 335 g/mol. The number of methoxy groups -OCH3 is 1. The molecule has 1 amide bonds. The van der Waals surface area contributed by atoms with E-state index in [-0.39, 0.29) is 17.6 Å². The second-order valence-corrected chi connectivity index (χ2v) is 6.14. The molecule has 0 aromatic carbocycles. The zero-order chi connectivity index (χ0) is 16.4. The number of ether oxygens (including phenoxy) is 2. The number of aromatic nitrogens is 2. The maximum Gasteiger partial charge on any atom is 0.273 e. The van der Waals surface area contributed by atoms with E-state index in [2.05, 4.69) is 4.98 Å². The lowest BCUT2D eigenvalue weighted by atomic mass is 10.2. The summed E-state index contributed by atoms with van der Waals surface area (Å²) in [7, 11) is 3.06. The second-order valence-electron chi connectivity index (χ2n) is 5.28. The van der Waals surface area contributed by atoms with Crippen LogP contribution in [0.1, 0.15) is 16.8 Å². The van der Waals surface area contributed by atoms with Gasteiger partial charge in [-0.1, -0.05) is 11.3 Å². The zero-order valence-corrected chi connectivity index (χ0v) is 13.7. The first-order valence-electron chi connectivity index (χ1n) is 7.18. The Balaban J connectivity index is 1.74. The van der Waals surface area contributed by atoms with E-state index in [1.54, 1.807) is 18.1 Å². The molecule has 0 radical (unpaired) electrons. The smallest absolute Gasteiger partial charge is 0.273 e. The van der Waals surface area contributed by atoms with Gasteiger partial charge in [0.05, 0.1) is 19.2 Å². The van der Waals surface area contributed by atoms with Crippen LogP contribution in [-0.2, 0) is 7.05 Å². The van der Waals surface area contributed by atoms with Gasteiger partial charge in [0.2, 0.25) is 0 Å². The Kier molecular flexibility index (Phi) is 4.33. The van der Waals surface area contributed by atoms with Gasteiger partial charge in [-0.25, -0.2) is 4.98 Å². The monoisotopic (exact) mass is 335 g/mol. The van der Waals surface area contributed by atoms with Gasteiger partial charge in [0.1, 0.15) is 11.9 Å². The van der Waals surface area contributed by atoms with Crippen LogP contribution in [-0.4, -0.2) is 46.7 Å². The van der Waals surface area contributed by atoms with Gasteiger partial charge in [-0.3, -0.25) is 9.59 Å². The first-order chi connectivity index (χ1) is 11.1. The molecule has 1 atom stereocenters. The summed E-state index contributed by atoms with van der Waals surface area (Å²) in [6.07, 6.45) is 3.88. The van der Waals surface area contributed by atoms with Gasteiger partial charge in [-0.15, -0.1) is 0 Å². The molecule has 8 heteroatoms. The third-order valence-corrected chi connectivity index (χ3v) is 4.41. The van der Waals surface area contributed by atoms with Gasteiger partial charge in [-0.2, -0.15) is 0 Å². The molecule has 0 spiro atoms. The molecule has 1 aliphatic rings. The van der Waals surface area contributed by atoms with Crippen molar-refractivity contribution in [3.05, 3.63) is 39.8 Å². The zero-order valence-electron chi connectivity index (χ0n) is 12.9. The lowest BCUT2D eigenvalue weighted by molar-refractivity contribution is 0.0768. The molecule has 0 saturated carbocycles. The molecule has 3 rings (SSSR count). The van der Waals surface area contributed by atoms with E-state index in [0.717, 1.165) is 6.42 Å². The summed E-state index contributed by atoms with van der Waals surface area (Å²) < 4.78 is 12.3. The summed E-state index contributed by atoms with van der Waals surface area (Å²) in [5.41, 5.74) is 0.161. The van der Waals surface area contributed by atoms with E-state index in [1.165, 1.54) is 35.3 Å². The lowest BCUT2D eigenvalue weighted by Gasteiger charge is -2.18. The maximum absolute atomic E-state index is 12.7. The molecule has 3 heterocycles. The standard InChI is InChI=1S/C15H17N3O4S/c1-17-9-11(12(21-2)7-13(17)19)14(20)18-5-3-10(8-18)22-15-16-4-6-23-15/h4,6-7,9-10H,3,5,8H2,1-2H3. The summed E-state index contributed by atoms with van der Waals surface area (Å²) in [4.78, 5) is 30.2. The molecular weight excluding hydrogens is 318 g/mol. The first-order valence-corrected chi connectivity index (χ1v) is 8.06. The molecule has 1 fully saturated rings. The predicted molar refractivity (Wildman–Crippen MR) is 85.3 cm³/mol. The highest BCUT2D eigenvalue weighted by molar-refractivity contribution is 7.11. The Morgan fingerprint density at radius 3 is 3.00 bits per heavy atom. The third kappa shape index (κ3) is 3.21. The number of likely N-dealkylation sites (tertiary alicyclic amines) is 1. The van der Waals surface area contributed by atoms with Gasteiger partial charge in [0.15, 0.2) is 0 Å². The summed E-state index contributed by atoms with van der Waals surface area (Å²) in [6.45, 7) is 1.09. The molecule has 0 N–H and O–H groups in total. The van der Waals surface area contributed by atoms with Crippen molar-refractivity contribution in [1.29, 1.82) is 0 Å². The summed E-state index contributed by atoms with van der Waals surface area (Å²) >= 11 is 1.43. The van der Waals surface area contributed by atoms with Crippen LogP contribution in [0.15, 0.2) is 28.6 Å². The van der Waals surface area contributed by atoms with E-state index in [0.29, 0.717) is 29.6 Å². The van der Waals surface area contributed by atoms with Gasteiger partial charge >= 0.3 is 0 Å². The first kappa shape index (κ1) is 15.5. The van der Waals surface area contributed by atoms with E-state index >= 15 is 0 Å². The van der Waals surface area contributed by atoms with Gasteiger partial charge < -0.3 is 18.9 Å². The number of thiazole rings is 1. The van der Waals surface area contributed by atoms with Crippen LogP contribution < -0.4 is 15.0 Å². The fraction of sp³-hybridized carbons (Fsp3) is 0.400. The highest BCUT2D eigenvalue weighted by Crippen LogP contribution is 2.23. The van der Waals surface area contributed by atoms with Crippen LogP contribution in [0.2, 0.25) is 0 Å². The normalized spacial score (nSPS) is 17.3. The number of nitrogens with zero attached hydrogens (tertiary/aromatic N) is 3. The number of aryl methyl sites for hydroxylation is 1. The fourth-order valence-electron chi connectivity index (χ4n) is 2.53. The van der Waals surface area contributed by atoms with Crippen molar-refractivity contribution in [2.75, 3.05) is 20.2 Å². The van der Waals surface area contributed by atoms with Crippen LogP contribution in [0.25, 0.3) is 0 Å². The predicted octanol–water partition coefficient (Wildman–Crippen LogP) is 1.14. The molecule has 2 aromatic rings. The van der Waals surface area contributed by atoms with E-state index in [9.17, 15) is 9.59 Å². The van der Waals surface area contributed by atoms with Crippen LogP contribution in [0.3, 0.4) is 0 Å². The number of pyridine rings is 1. The van der Waals surface area contributed by atoms with Crippen molar-refractivity contribution in [3.8, 4) is 10.9 Å². The fourth-order valence-corrected chi connectivity index (χ4v) is 3.08. The molecule has 1 unspecified atom stereocenters. The minimum atomic E-state index is -0.218. The van der Waals surface area contributed by atoms with E-state index < -0.39 is 0 Å². The van der Waals surface area contributed by atoms with Crippen LogP contribution in [0.4, 0.5) is 0 Å². The van der Waals surface area contributed by atoms with Crippen LogP contribution in [0.5, 0.6) is 10.9 Å². The quantitative estimate of drug-likeness (QED) is 0.838. The van der Waals surface area contributed by atoms with E-state index in [4.69, 9.17) is 9.47 Å². The summed E-state index contributed by atoms with van der Waals surface area (Å²) in [6, 6.07) is 1.33. The van der Waals surface area contributed by atoms with Crippen molar-refractivity contribution < 1.29 is 14.3 Å². The Morgan fingerprint density at radius 1 is 1.48 bits per heavy atom. The SMILES string of the molecule is COc1cc(=O)n(C)cc1C(=O)N1CCC(Oc2nccs2)C1. The van der Waals surface area contributed by atoms with Gasteiger partial charge in [-0.05, 0) is 0 Å². The molecule has 122 valence electrons. The van der Waals surface area contributed by atoms with Crippen molar-refractivity contribution in [2.45, 2.75) is 12.5 Å². The van der Waals surface area contributed by atoms with Crippen molar-refractivity contribution in [2.24, 2.45) is 7.05 Å². The number of hydrogen-bond donors (Lipinski definition) is 0. The van der Waals surface area contributed by atoms with Crippen molar-refractivity contribution in [1.82, 2.24) is 14.5 Å². The minimum absolute atomic E-state index is 0.0661. The molecule has 0 aliphatic carbocycles. The Labute approximate surface area is 137 Å². The molecule has 2 aromatic heterocycles.